The Hall–Kier alpha value is -0.970. The van der Waals surface area contributed by atoms with Crippen LogP contribution in [0.4, 0.5) is 8.78 Å². The third kappa shape index (κ3) is 1.45. The van der Waals surface area contributed by atoms with Crippen LogP contribution in [0.2, 0.25) is 0 Å². The third-order valence-electron chi connectivity index (χ3n) is 1.33. The highest BCUT2D eigenvalue weighted by molar-refractivity contribution is 9.10. The van der Waals surface area contributed by atoms with Crippen molar-refractivity contribution in [2.24, 2.45) is 5.73 Å². The number of rotatable bonds is 1. The molecule has 5 heteroatoms. The molecular weight excluding hydrogens is 230 g/mol. The molecule has 0 saturated heterocycles. The first-order valence-electron chi connectivity index (χ1n) is 3.02. The first-order chi connectivity index (χ1) is 5.54. The van der Waals surface area contributed by atoms with Gasteiger partial charge in [0.1, 0.15) is 5.84 Å². The molecule has 0 aliphatic rings. The smallest absolute Gasteiger partial charge is 0.173 e. The van der Waals surface area contributed by atoms with E-state index in [1.165, 1.54) is 12.1 Å². The quantitative estimate of drug-likeness (QED) is 0.436. The number of hydrogen-bond donors (Lipinski definition) is 2. The van der Waals surface area contributed by atoms with Crippen LogP contribution in [0.1, 0.15) is 5.56 Å². The van der Waals surface area contributed by atoms with Crippen molar-refractivity contribution in [3.05, 3.63) is 33.8 Å². The zero-order valence-electron chi connectivity index (χ0n) is 5.87. The summed E-state index contributed by atoms with van der Waals surface area (Å²) in [6.45, 7) is 0. The van der Waals surface area contributed by atoms with Crippen LogP contribution in [-0.2, 0) is 0 Å². The molecule has 0 fully saturated rings. The summed E-state index contributed by atoms with van der Waals surface area (Å²) in [6.07, 6.45) is 0. The van der Waals surface area contributed by atoms with E-state index in [4.69, 9.17) is 11.1 Å². The van der Waals surface area contributed by atoms with E-state index < -0.39 is 17.5 Å². The first-order valence-corrected chi connectivity index (χ1v) is 3.81. The lowest BCUT2D eigenvalue weighted by molar-refractivity contribution is 0.502. The predicted octanol–water partition coefficient (Wildman–Crippen LogP) is 2.01. The first kappa shape index (κ1) is 9.12. The molecule has 0 radical (unpaired) electrons. The van der Waals surface area contributed by atoms with Crippen molar-refractivity contribution in [2.45, 2.75) is 0 Å². The fraction of sp³-hybridized carbons (Fsp3) is 0. The molecule has 0 aliphatic heterocycles. The molecule has 0 bridgehead atoms. The van der Waals surface area contributed by atoms with Crippen molar-refractivity contribution in [3.8, 4) is 0 Å². The van der Waals surface area contributed by atoms with Gasteiger partial charge in [-0.15, -0.1) is 0 Å². The van der Waals surface area contributed by atoms with E-state index in [2.05, 4.69) is 15.9 Å². The number of benzene rings is 1. The minimum atomic E-state index is -1.10. The number of nitrogens with one attached hydrogen (secondary N) is 1. The van der Waals surface area contributed by atoms with Gasteiger partial charge < -0.3 is 5.73 Å². The Morgan fingerprint density at radius 3 is 2.42 bits per heavy atom. The second-order valence-electron chi connectivity index (χ2n) is 2.14. The van der Waals surface area contributed by atoms with Crippen LogP contribution >= 0.6 is 15.9 Å². The second kappa shape index (κ2) is 3.18. The van der Waals surface area contributed by atoms with Crippen LogP contribution < -0.4 is 5.73 Å². The van der Waals surface area contributed by atoms with Gasteiger partial charge in [-0.1, -0.05) is 0 Å². The highest BCUT2D eigenvalue weighted by atomic mass is 79.9. The maximum atomic E-state index is 12.9. The Bertz CT molecular complexity index is 338. The molecular formula is C7H5BrF2N2. The lowest BCUT2D eigenvalue weighted by Gasteiger charge is -2.02. The van der Waals surface area contributed by atoms with E-state index in [0.717, 1.165) is 0 Å². The zero-order valence-corrected chi connectivity index (χ0v) is 7.45. The standard InChI is InChI=1S/C7H5BrF2N2/c8-4-2-1-3(7(11)12)5(9)6(4)10/h1-2H,(H3,11,12). The van der Waals surface area contributed by atoms with Gasteiger partial charge in [-0.3, -0.25) is 5.41 Å². The normalized spacial score (nSPS) is 9.92. The predicted molar refractivity (Wildman–Crippen MR) is 45.1 cm³/mol. The second-order valence-corrected chi connectivity index (χ2v) is 2.99. The van der Waals surface area contributed by atoms with Crippen LogP contribution in [0.15, 0.2) is 16.6 Å². The Kier molecular flexibility index (Phi) is 2.42. The molecule has 1 aromatic rings. The number of hydrogen-bond acceptors (Lipinski definition) is 1. The molecule has 12 heavy (non-hydrogen) atoms. The van der Waals surface area contributed by atoms with Crippen molar-refractivity contribution >= 4 is 21.8 Å². The van der Waals surface area contributed by atoms with Crippen LogP contribution in [-0.4, -0.2) is 5.84 Å². The van der Waals surface area contributed by atoms with Gasteiger partial charge in [-0.2, -0.15) is 0 Å². The van der Waals surface area contributed by atoms with Crippen LogP contribution in [0.5, 0.6) is 0 Å². The van der Waals surface area contributed by atoms with Gasteiger partial charge in [0.25, 0.3) is 0 Å². The van der Waals surface area contributed by atoms with Gasteiger partial charge in [0, 0.05) is 0 Å². The zero-order chi connectivity index (χ0) is 9.30. The highest BCUT2D eigenvalue weighted by Gasteiger charge is 2.12. The molecule has 0 aliphatic carbocycles. The maximum absolute atomic E-state index is 12.9. The van der Waals surface area contributed by atoms with Gasteiger partial charge >= 0.3 is 0 Å². The van der Waals surface area contributed by atoms with Crippen molar-refractivity contribution in [1.29, 1.82) is 5.41 Å². The lowest BCUT2D eigenvalue weighted by atomic mass is 10.2. The molecule has 0 atom stereocenters. The van der Waals surface area contributed by atoms with Crippen LogP contribution in [0.25, 0.3) is 0 Å². The molecule has 0 unspecified atom stereocenters. The topological polar surface area (TPSA) is 49.9 Å². The van der Waals surface area contributed by atoms with E-state index in [9.17, 15) is 8.78 Å². The van der Waals surface area contributed by atoms with E-state index in [-0.39, 0.29) is 10.0 Å². The van der Waals surface area contributed by atoms with E-state index in [1.54, 1.807) is 0 Å². The number of nitrogen functional groups attached to an aromatic ring is 1. The molecule has 0 heterocycles. The number of halogens is 3. The van der Waals surface area contributed by atoms with Gasteiger partial charge in [0.15, 0.2) is 11.6 Å². The minimum absolute atomic E-state index is 0.0185. The fourth-order valence-electron chi connectivity index (χ4n) is 0.734. The number of nitrogens with two attached hydrogens (primary N) is 1. The summed E-state index contributed by atoms with van der Waals surface area (Å²) in [5, 5.41) is 6.90. The molecule has 1 aromatic carbocycles. The summed E-state index contributed by atoms with van der Waals surface area (Å²) >= 11 is 2.80. The van der Waals surface area contributed by atoms with Crippen molar-refractivity contribution in [1.82, 2.24) is 0 Å². The largest absolute Gasteiger partial charge is 0.384 e. The summed E-state index contributed by atoms with van der Waals surface area (Å²) in [4.78, 5) is 0. The SMILES string of the molecule is N=C(N)c1ccc(Br)c(F)c1F. The summed E-state index contributed by atoms with van der Waals surface area (Å²) in [5.41, 5.74) is 4.77. The maximum Gasteiger partial charge on any atom is 0.173 e. The Labute approximate surface area is 76.0 Å². The molecule has 3 N–H and O–H groups in total. The molecule has 0 amide bonds. The minimum Gasteiger partial charge on any atom is -0.384 e. The summed E-state index contributed by atoms with van der Waals surface area (Å²) in [5.74, 6) is -2.61. The average molecular weight is 235 g/mol. The summed E-state index contributed by atoms with van der Waals surface area (Å²) in [6, 6.07) is 2.54. The van der Waals surface area contributed by atoms with E-state index >= 15 is 0 Å². The van der Waals surface area contributed by atoms with E-state index in [1.807, 2.05) is 0 Å². The fourth-order valence-corrected chi connectivity index (χ4v) is 1.04. The van der Waals surface area contributed by atoms with Crippen molar-refractivity contribution < 1.29 is 8.78 Å². The average Bonchev–Trinajstić information content (AvgIpc) is 2.00. The molecule has 64 valence electrons. The number of amidine groups is 1. The van der Waals surface area contributed by atoms with Crippen LogP contribution in [0, 0.1) is 17.0 Å². The summed E-state index contributed by atoms with van der Waals surface area (Å²) < 4.78 is 25.7. The summed E-state index contributed by atoms with van der Waals surface area (Å²) in [7, 11) is 0. The molecule has 0 aromatic heterocycles. The Morgan fingerprint density at radius 1 is 1.33 bits per heavy atom. The van der Waals surface area contributed by atoms with Crippen LogP contribution in [0.3, 0.4) is 0 Å². The molecule has 2 nitrogen and oxygen atoms in total. The van der Waals surface area contributed by atoms with Crippen molar-refractivity contribution in [3.63, 3.8) is 0 Å². The molecule has 0 spiro atoms. The van der Waals surface area contributed by atoms with E-state index in [0.29, 0.717) is 0 Å². The lowest BCUT2D eigenvalue weighted by Crippen LogP contribution is -2.14. The monoisotopic (exact) mass is 234 g/mol. The van der Waals surface area contributed by atoms with Gasteiger partial charge in [-0.05, 0) is 28.1 Å². The Morgan fingerprint density at radius 2 is 1.92 bits per heavy atom. The third-order valence-corrected chi connectivity index (χ3v) is 1.94. The van der Waals surface area contributed by atoms with Gasteiger partial charge in [0.2, 0.25) is 0 Å². The molecule has 1 rings (SSSR count). The van der Waals surface area contributed by atoms with Gasteiger partial charge in [-0.25, -0.2) is 8.78 Å². The Balaban J connectivity index is 3.36. The highest BCUT2D eigenvalue weighted by Crippen LogP contribution is 2.20. The van der Waals surface area contributed by atoms with Gasteiger partial charge in [0.05, 0.1) is 10.0 Å². The molecule has 0 saturated carbocycles. The van der Waals surface area contributed by atoms with Crippen molar-refractivity contribution in [2.75, 3.05) is 0 Å².